The number of aliphatic hydroxyl groups is 1. The number of aliphatic hydroxyl groups excluding tert-OH is 1. The Kier molecular flexibility index (Phi) is 7.89. The average Bonchev–Trinajstić information content (AvgIpc) is 3.74. The molecule has 0 saturated carbocycles. The fraction of sp³-hybridized carbons (Fsp3) is 0.125. The lowest BCUT2D eigenvalue weighted by atomic mass is 9.95. The van der Waals surface area contributed by atoms with Crippen LogP contribution in [0.3, 0.4) is 0 Å². The lowest BCUT2D eigenvalue weighted by Gasteiger charge is -2.24. The van der Waals surface area contributed by atoms with Gasteiger partial charge in [-0.3, -0.25) is 14.5 Å². The van der Waals surface area contributed by atoms with Gasteiger partial charge in [-0.2, -0.15) is 0 Å². The highest BCUT2D eigenvalue weighted by atomic mass is 32.2. The number of benzene rings is 3. The minimum atomic E-state index is -0.976. The van der Waals surface area contributed by atoms with Gasteiger partial charge in [0.15, 0.2) is 15.9 Å². The molecule has 1 N–H and O–H groups in total. The van der Waals surface area contributed by atoms with Crippen molar-refractivity contribution in [1.29, 1.82) is 0 Å². The number of carbonyl (C=O) groups is 2. The Morgan fingerprint density at radius 2 is 1.71 bits per heavy atom. The van der Waals surface area contributed by atoms with E-state index < -0.39 is 23.5 Å². The summed E-state index contributed by atoms with van der Waals surface area (Å²) in [6.07, 6.45) is 0. The fourth-order valence-electron chi connectivity index (χ4n) is 4.63. The van der Waals surface area contributed by atoms with E-state index in [4.69, 9.17) is 9.15 Å². The van der Waals surface area contributed by atoms with Crippen molar-refractivity contribution in [3.8, 4) is 5.75 Å². The number of aryl methyl sites for hydroxylation is 1. The second-order valence-corrected chi connectivity index (χ2v) is 11.7. The molecule has 1 atom stereocenters. The van der Waals surface area contributed by atoms with Gasteiger partial charge in [-0.25, -0.2) is 0 Å². The zero-order chi connectivity index (χ0) is 29.1. The summed E-state index contributed by atoms with van der Waals surface area (Å²) in [4.78, 5) is 28.6. The molecule has 8 nitrogen and oxygen atoms in total. The Hall–Kier alpha value is -4.67. The Balaban J connectivity index is 1.34. The molecule has 42 heavy (non-hydrogen) atoms. The van der Waals surface area contributed by atoms with Crippen molar-refractivity contribution < 1.29 is 23.8 Å². The minimum Gasteiger partial charge on any atom is -0.503 e. The van der Waals surface area contributed by atoms with E-state index in [1.165, 1.54) is 34.1 Å². The van der Waals surface area contributed by atoms with Crippen LogP contribution in [0, 0.1) is 6.92 Å². The van der Waals surface area contributed by atoms with Gasteiger partial charge in [0.1, 0.15) is 18.1 Å². The molecule has 0 radical (unpaired) electrons. The van der Waals surface area contributed by atoms with Gasteiger partial charge in [0, 0.05) is 5.75 Å². The molecule has 1 amide bonds. The highest BCUT2D eigenvalue weighted by Crippen LogP contribution is 2.44. The Morgan fingerprint density at radius 3 is 2.43 bits per heavy atom. The number of ether oxygens (including phenoxy) is 1. The maximum atomic E-state index is 13.7. The number of ketones is 1. The molecule has 10 heteroatoms. The molecule has 3 heterocycles. The molecule has 0 fully saturated rings. The number of rotatable bonds is 10. The number of furan rings is 1. The summed E-state index contributed by atoms with van der Waals surface area (Å²) in [5.74, 6) is -0.175. The summed E-state index contributed by atoms with van der Waals surface area (Å²) in [5, 5.41) is 19.9. The Morgan fingerprint density at radius 1 is 0.976 bits per heavy atom. The van der Waals surface area contributed by atoms with Crippen molar-refractivity contribution in [1.82, 2.24) is 10.2 Å². The molecular formula is C32H25N3O5S2. The SMILES string of the molecule is Cc1ccc(C(=O)C2=C(O)C(=O)N(c3nnc(SCc4ccccc4)s3)C2c2cccc(OCc3ccccc3)c2)o1. The number of hydrogen-bond acceptors (Lipinski definition) is 9. The van der Waals surface area contributed by atoms with E-state index >= 15 is 0 Å². The molecule has 210 valence electrons. The molecule has 2 aromatic heterocycles. The van der Waals surface area contributed by atoms with Gasteiger partial charge in [0.2, 0.25) is 10.9 Å². The lowest BCUT2D eigenvalue weighted by Crippen LogP contribution is -2.31. The summed E-state index contributed by atoms with van der Waals surface area (Å²) < 4.78 is 12.3. The monoisotopic (exact) mass is 595 g/mol. The van der Waals surface area contributed by atoms with Crippen molar-refractivity contribution in [2.45, 2.75) is 29.7 Å². The zero-order valence-electron chi connectivity index (χ0n) is 22.5. The van der Waals surface area contributed by atoms with E-state index in [1.807, 2.05) is 60.7 Å². The first-order chi connectivity index (χ1) is 20.5. The van der Waals surface area contributed by atoms with Gasteiger partial charge in [-0.1, -0.05) is 95.9 Å². The maximum absolute atomic E-state index is 13.7. The number of anilines is 1. The molecule has 0 aliphatic carbocycles. The van der Waals surface area contributed by atoms with Crippen LogP contribution in [0.2, 0.25) is 0 Å². The van der Waals surface area contributed by atoms with Crippen molar-refractivity contribution in [2.24, 2.45) is 0 Å². The molecule has 0 spiro atoms. The van der Waals surface area contributed by atoms with E-state index in [1.54, 1.807) is 37.3 Å². The first-order valence-corrected chi connectivity index (χ1v) is 14.9. The van der Waals surface area contributed by atoms with Gasteiger partial charge in [-0.15, -0.1) is 10.2 Å². The predicted molar refractivity (Wildman–Crippen MR) is 161 cm³/mol. The summed E-state index contributed by atoms with van der Waals surface area (Å²) >= 11 is 2.72. The van der Waals surface area contributed by atoms with Crippen LogP contribution in [-0.4, -0.2) is 27.0 Å². The van der Waals surface area contributed by atoms with Crippen LogP contribution in [0.5, 0.6) is 5.75 Å². The molecule has 1 aliphatic rings. The fourth-order valence-corrected chi connectivity index (χ4v) is 6.46. The van der Waals surface area contributed by atoms with Crippen LogP contribution in [-0.2, 0) is 17.2 Å². The van der Waals surface area contributed by atoms with Crippen LogP contribution < -0.4 is 9.64 Å². The van der Waals surface area contributed by atoms with E-state index in [9.17, 15) is 14.7 Å². The van der Waals surface area contributed by atoms with Gasteiger partial charge in [0.25, 0.3) is 5.91 Å². The molecule has 1 aliphatic heterocycles. The third kappa shape index (κ3) is 5.72. The normalized spacial score (nSPS) is 14.9. The van der Waals surface area contributed by atoms with Crippen molar-refractivity contribution in [3.05, 3.63) is 137 Å². The topological polar surface area (TPSA) is 106 Å². The largest absolute Gasteiger partial charge is 0.503 e. The number of carbonyl (C=O) groups excluding carboxylic acids is 2. The summed E-state index contributed by atoms with van der Waals surface area (Å²) in [5.41, 5.74) is 2.60. The van der Waals surface area contributed by atoms with E-state index in [0.717, 1.165) is 11.1 Å². The number of nitrogens with zero attached hydrogens (tertiary/aromatic N) is 3. The molecule has 3 aromatic carbocycles. The van der Waals surface area contributed by atoms with Crippen LogP contribution in [0.15, 0.2) is 117 Å². The predicted octanol–water partition coefficient (Wildman–Crippen LogP) is 7.09. The van der Waals surface area contributed by atoms with Crippen molar-refractivity contribution >= 4 is 39.9 Å². The standard InChI is InChI=1S/C32H25N3O5S2/c1-20-15-16-25(40-20)28(36)26-27(23-13-8-14-24(17-23)39-18-21-9-4-2-5-10-21)35(30(38)29(26)37)31-33-34-32(42-31)41-19-22-11-6-3-7-12-22/h2-17,27,37H,18-19H2,1H3. The number of amides is 1. The average molecular weight is 596 g/mol. The third-order valence-corrected chi connectivity index (χ3v) is 8.77. The summed E-state index contributed by atoms with van der Waals surface area (Å²) in [6, 6.07) is 29.1. The number of aromatic nitrogens is 2. The smallest absolute Gasteiger partial charge is 0.296 e. The van der Waals surface area contributed by atoms with Crippen molar-refractivity contribution in [3.63, 3.8) is 0 Å². The highest BCUT2D eigenvalue weighted by molar-refractivity contribution is 8.00. The summed E-state index contributed by atoms with van der Waals surface area (Å²) in [7, 11) is 0. The second kappa shape index (κ2) is 12.1. The quantitative estimate of drug-likeness (QED) is 0.104. The maximum Gasteiger partial charge on any atom is 0.296 e. The highest BCUT2D eigenvalue weighted by Gasteiger charge is 2.46. The van der Waals surface area contributed by atoms with Crippen LogP contribution in [0.4, 0.5) is 5.13 Å². The molecule has 1 unspecified atom stereocenters. The number of thioether (sulfide) groups is 1. The van der Waals surface area contributed by atoms with Crippen LogP contribution in [0.1, 0.15) is 39.0 Å². The molecule has 6 rings (SSSR count). The zero-order valence-corrected chi connectivity index (χ0v) is 24.1. The van der Waals surface area contributed by atoms with E-state index in [2.05, 4.69) is 10.2 Å². The Bertz CT molecular complexity index is 1770. The van der Waals surface area contributed by atoms with E-state index in [-0.39, 0.29) is 16.5 Å². The summed E-state index contributed by atoms with van der Waals surface area (Å²) in [6.45, 7) is 2.06. The van der Waals surface area contributed by atoms with Gasteiger partial charge in [-0.05, 0) is 47.9 Å². The van der Waals surface area contributed by atoms with Crippen LogP contribution in [0.25, 0.3) is 0 Å². The van der Waals surface area contributed by atoms with Gasteiger partial charge < -0.3 is 14.3 Å². The van der Waals surface area contributed by atoms with Crippen LogP contribution >= 0.6 is 23.1 Å². The third-order valence-electron chi connectivity index (χ3n) is 6.65. The molecule has 0 bridgehead atoms. The van der Waals surface area contributed by atoms with E-state index in [0.29, 0.717) is 33.8 Å². The lowest BCUT2D eigenvalue weighted by molar-refractivity contribution is -0.117. The number of hydrogen-bond donors (Lipinski definition) is 1. The molecular weight excluding hydrogens is 571 g/mol. The number of Topliss-reactive ketones (excluding diaryl/α,β-unsaturated/α-hetero) is 1. The first kappa shape index (κ1) is 27.5. The van der Waals surface area contributed by atoms with Gasteiger partial charge >= 0.3 is 0 Å². The Labute approximate surface area is 250 Å². The first-order valence-electron chi connectivity index (χ1n) is 13.1. The second-order valence-electron chi connectivity index (χ2n) is 9.55. The molecule has 0 saturated heterocycles. The minimum absolute atomic E-state index is 0.0292. The molecule has 5 aromatic rings. The van der Waals surface area contributed by atoms with Crippen molar-refractivity contribution in [2.75, 3.05) is 4.90 Å². The van der Waals surface area contributed by atoms with Gasteiger partial charge in [0.05, 0.1) is 11.6 Å².